The molecule has 0 aliphatic heterocycles. The van der Waals surface area contributed by atoms with Gasteiger partial charge in [-0.3, -0.25) is 4.79 Å². The number of thiophene rings is 1. The summed E-state index contributed by atoms with van der Waals surface area (Å²) in [5.74, 6) is 1.15. The largest absolute Gasteiger partial charge is 0.359 e. The molecule has 0 saturated carbocycles. The van der Waals surface area contributed by atoms with Crippen LogP contribution in [0, 0.1) is 6.92 Å². The summed E-state index contributed by atoms with van der Waals surface area (Å²) in [5.41, 5.74) is 0.348. The molecule has 100 valence electrons. The number of carbonyl (C=O) groups is 1. The van der Waals surface area contributed by atoms with Crippen LogP contribution in [-0.2, 0) is 6.42 Å². The average Bonchev–Trinajstić information content (AvgIpc) is 2.88. The number of hydrogen-bond acceptors (Lipinski definition) is 5. The Hall–Kier alpha value is -1.46. The second-order valence-electron chi connectivity index (χ2n) is 4.17. The standard InChI is InChI=1S/C13H14ClN3OS/c1-9-15-12(14)11(8-18)13(16-9)17(2)6-5-10-4-3-7-19-10/h3-4,7-8H,5-6H2,1-2H3. The Kier molecular flexibility index (Phi) is 4.50. The molecule has 0 atom stereocenters. The van der Waals surface area contributed by atoms with E-state index in [-0.39, 0.29) is 5.15 Å². The van der Waals surface area contributed by atoms with Gasteiger partial charge in [-0.05, 0) is 24.8 Å². The second-order valence-corrected chi connectivity index (χ2v) is 5.56. The second kappa shape index (κ2) is 6.12. The van der Waals surface area contributed by atoms with Crippen molar-refractivity contribution >= 4 is 35.0 Å². The summed E-state index contributed by atoms with van der Waals surface area (Å²) < 4.78 is 0. The van der Waals surface area contributed by atoms with E-state index < -0.39 is 0 Å². The summed E-state index contributed by atoms with van der Waals surface area (Å²) in [6.07, 6.45) is 1.62. The van der Waals surface area contributed by atoms with Gasteiger partial charge in [0.1, 0.15) is 16.8 Å². The molecule has 2 aromatic rings. The van der Waals surface area contributed by atoms with E-state index >= 15 is 0 Å². The molecule has 2 rings (SSSR count). The van der Waals surface area contributed by atoms with Crippen LogP contribution in [0.4, 0.5) is 5.82 Å². The Balaban J connectivity index is 2.18. The monoisotopic (exact) mass is 295 g/mol. The Morgan fingerprint density at radius 2 is 2.26 bits per heavy atom. The molecule has 0 saturated heterocycles. The molecular weight excluding hydrogens is 282 g/mol. The Labute approximate surface area is 121 Å². The van der Waals surface area contributed by atoms with Crippen LogP contribution in [0.1, 0.15) is 21.1 Å². The van der Waals surface area contributed by atoms with Crippen LogP contribution < -0.4 is 4.90 Å². The Bertz CT molecular complexity index is 572. The van der Waals surface area contributed by atoms with Crippen LogP contribution in [0.3, 0.4) is 0 Å². The fourth-order valence-corrected chi connectivity index (χ4v) is 2.71. The molecule has 6 heteroatoms. The summed E-state index contributed by atoms with van der Waals surface area (Å²) in [5, 5.41) is 2.26. The third-order valence-corrected chi connectivity index (χ3v) is 3.97. The molecule has 0 aromatic carbocycles. The van der Waals surface area contributed by atoms with Gasteiger partial charge in [-0.1, -0.05) is 17.7 Å². The van der Waals surface area contributed by atoms with E-state index in [1.165, 1.54) is 4.88 Å². The maximum absolute atomic E-state index is 11.1. The zero-order valence-corrected chi connectivity index (χ0v) is 12.3. The number of aldehydes is 1. The van der Waals surface area contributed by atoms with Gasteiger partial charge in [-0.2, -0.15) is 0 Å². The number of likely N-dealkylation sites (N-methyl/N-ethyl adjacent to an activating group) is 1. The topological polar surface area (TPSA) is 46.1 Å². The van der Waals surface area contributed by atoms with Crippen molar-refractivity contribution in [2.75, 3.05) is 18.5 Å². The lowest BCUT2D eigenvalue weighted by Gasteiger charge is -2.20. The van der Waals surface area contributed by atoms with Gasteiger partial charge in [0.2, 0.25) is 0 Å². The molecule has 0 amide bonds. The highest BCUT2D eigenvalue weighted by atomic mass is 35.5. The van der Waals surface area contributed by atoms with Crippen molar-refractivity contribution < 1.29 is 4.79 Å². The van der Waals surface area contributed by atoms with Gasteiger partial charge in [0, 0.05) is 18.5 Å². The highest BCUT2D eigenvalue weighted by Crippen LogP contribution is 2.22. The summed E-state index contributed by atoms with van der Waals surface area (Å²) in [6, 6.07) is 4.12. The average molecular weight is 296 g/mol. The first-order valence-corrected chi connectivity index (χ1v) is 7.10. The summed E-state index contributed by atoms with van der Waals surface area (Å²) in [4.78, 5) is 22.6. The van der Waals surface area contributed by atoms with Gasteiger partial charge in [-0.25, -0.2) is 9.97 Å². The van der Waals surface area contributed by atoms with E-state index in [0.29, 0.717) is 23.5 Å². The minimum atomic E-state index is 0.209. The zero-order chi connectivity index (χ0) is 13.8. The Morgan fingerprint density at radius 3 is 2.89 bits per heavy atom. The van der Waals surface area contributed by atoms with E-state index in [1.807, 2.05) is 18.0 Å². The lowest BCUT2D eigenvalue weighted by Crippen LogP contribution is -2.23. The fraction of sp³-hybridized carbons (Fsp3) is 0.308. The van der Waals surface area contributed by atoms with E-state index in [9.17, 15) is 4.79 Å². The summed E-state index contributed by atoms with van der Waals surface area (Å²) in [7, 11) is 1.90. The molecule has 0 aliphatic carbocycles. The number of anilines is 1. The first-order valence-electron chi connectivity index (χ1n) is 5.84. The van der Waals surface area contributed by atoms with Crippen molar-refractivity contribution in [3.8, 4) is 0 Å². The number of carbonyl (C=O) groups excluding carboxylic acids is 1. The summed E-state index contributed by atoms with van der Waals surface area (Å²) >= 11 is 7.69. The first kappa shape index (κ1) is 14.0. The smallest absolute Gasteiger partial charge is 0.156 e. The highest BCUT2D eigenvalue weighted by Gasteiger charge is 2.14. The lowest BCUT2D eigenvalue weighted by atomic mass is 10.3. The van der Waals surface area contributed by atoms with Crippen LogP contribution in [-0.4, -0.2) is 29.8 Å². The lowest BCUT2D eigenvalue weighted by molar-refractivity contribution is 0.112. The van der Waals surface area contributed by atoms with Crippen molar-refractivity contribution in [1.29, 1.82) is 0 Å². The van der Waals surface area contributed by atoms with Gasteiger partial charge in [-0.15, -0.1) is 11.3 Å². The molecule has 2 aromatic heterocycles. The molecule has 19 heavy (non-hydrogen) atoms. The maximum atomic E-state index is 11.1. The van der Waals surface area contributed by atoms with Gasteiger partial charge in [0.25, 0.3) is 0 Å². The van der Waals surface area contributed by atoms with E-state index in [1.54, 1.807) is 18.3 Å². The van der Waals surface area contributed by atoms with Crippen LogP contribution in [0.2, 0.25) is 5.15 Å². The number of aryl methyl sites for hydroxylation is 1. The van der Waals surface area contributed by atoms with Crippen molar-refractivity contribution in [2.45, 2.75) is 13.3 Å². The first-order chi connectivity index (χ1) is 9.11. The summed E-state index contributed by atoms with van der Waals surface area (Å²) in [6.45, 7) is 2.53. The van der Waals surface area contributed by atoms with Crippen molar-refractivity contribution in [1.82, 2.24) is 9.97 Å². The SMILES string of the molecule is Cc1nc(Cl)c(C=O)c(N(C)CCc2cccs2)n1. The number of hydrogen-bond donors (Lipinski definition) is 0. The molecule has 0 spiro atoms. The third kappa shape index (κ3) is 3.30. The Morgan fingerprint density at radius 1 is 1.47 bits per heavy atom. The number of rotatable bonds is 5. The highest BCUT2D eigenvalue weighted by molar-refractivity contribution is 7.09. The molecule has 2 heterocycles. The van der Waals surface area contributed by atoms with Crippen LogP contribution >= 0.6 is 22.9 Å². The number of halogens is 1. The molecule has 0 fully saturated rings. The predicted octanol–water partition coefficient (Wildman–Crippen LogP) is 2.99. The van der Waals surface area contributed by atoms with E-state index in [0.717, 1.165) is 13.0 Å². The number of aromatic nitrogens is 2. The number of nitrogens with zero attached hydrogens (tertiary/aromatic N) is 3. The van der Waals surface area contributed by atoms with Gasteiger partial charge >= 0.3 is 0 Å². The normalized spacial score (nSPS) is 10.5. The van der Waals surface area contributed by atoms with Gasteiger partial charge < -0.3 is 4.90 Å². The van der Waals surface area contributed by atoms with Crippen molar-refractivity contribution in [3.05, 3.63) is 38.9 Å². The predicted molar refractivity (Wildman–Crippen MR) is 78.5 cm³/mol. The van der Waals surface area contributed by atoms with E-state index in [2.05, 4.69) is 21.4 Å². The molecule has 0 unspecified atom stereocenters. The van der Waals surface area contributed by atoms with Gasteiger partial charge in [0.15, 0.2) is 6.29 Å². The molecule has 0 bridgehead atoms. The fourth-order valence-electron chi connectivity index (χ4n) is 1.76. The van der Waals surface area contributed by atoms with Crippen LogP contribution in [0.25, 0.3) is 0 Å². The zero-order valence-electron chi connectivity index (χ0n) is 10.8. The molecule has 0 aliphatic rings. The molecule has 0 N–H and O–H groups in total. The van der Waals surface area contributed by atoms with Crippen LogP contribution in [0.5, 0.6) is 0 Å². The van der Waals surface area contributed by atoms with E-state index in [4.69, 9.17) is 11.6 Å². The minimum Gasteiger partial charge on any atom is -0.359 e. The van der Waals surface area contributed by atoms with Gasteiger partial charge in [0.05, 0.1) is 5.56 Å². The molecular formula is C13H14ClN3OS. The van der Waals surface area contributed by atoms with Crippen molar-refractivity contribution in [2.24, 2.45) is 0 Å². The third-order valence-electron chi connectivity index (χ3n) is 2.74. The van der Waals surface area contributed by atoms with Crippen LogP contribution in [0.15, 0.2) is 17.5 Å². The van der Waals surface area contributed by atoms with Crippen molar-refractivity contribution in [3.63, 3.8) is 0 Å². The minimum absolute atomic E-state index is 0.209. The quantitative estimate of drug-likeness (QED) is 0.628. The maximum Gasteiger partial charge on any atom is 0.156 e. The molecule has 0 radical (unpaired) electrons. The molecule has 4 nitrogen and oxygen atoms in total.